The van der Waals surface area contributed by atoms with E-state index >= 15 is 0 Å². The predicted octanol–water partition coefficient (Wildman–Crippen LogP) is 0.0905. The van der Waals surface area contributed by atoms with Gasteiger partial charge in [0, 0.05) is 26.0 Å². The average Bonchev–Trinajstić information content (AvgIpc) is 2.37. The van der Waals surface area contributed by atoms with E-state index in [1.807, 2.05) is 13.8 Å². The van der Waals surface area contributed by atoms with Crippen molar-refractivity contribution in [1.82, 2.24) is 9.29 Å². The van der Waals surface area contributed by atoms with Crippen LogP contribution in [0.5, 0.6) is 0 Å². The first-order chi connectivity index (χ1) is 9.40. The van der Waals surface area contributed by atoms with Crippen molar-refractivity contribution >= 4 is 19.9 Å². The lowest BCUT2D eigenvalue weighted by molar-refractivity contribution is 0.292. The summed E-state index contributed by atoms with van der Waals surface area (Å²) >= 11 is 0. The highest BCUT2D eigenvalue weighted by Crippen LogP contribution is 2.20. The number of nitrogens with zero attached hydrogens (tertiary/aromatic N) is 2. The lowest BCUT2D eigenvalue weighted by atomic mass is 9.94. The monoisotopic (exact) mass is 335 g/mol. The van der Waals surface area contributed by atoms with Gasteiger partial charge in [-0.15, -0.1) is 0 Å². The van der Waals surface area contributed by atoms with Gasteiger partial charge in [-0.1, -0.05) is 13.8 Å². The van der Waals surface area contributed by atoms with Gasteiger partial charge in [-0.25, -0.2) is 26.1 Å². The fourth-order valence-electron chi connectivity index (χ4n) is 1.67. The third-order valence-electron chi connectivity index (χ3n) is 3.00. The molecule has 21 heavy (non-hydrogen) atoms. The highest BCUT2D eigenvalue weighted by atomic mass is 32.2. The summed E-state index contributed by atoms with van der Waals surface area (Å²) in [6, 6.07) is 2.43. The Labute approximate surface area is 126 Å². The van der Waals surface area contributed by atoms with Gasteiger partial charge in [0.05, 0.1) is 0 Å². The van der Waals surface area contributed by atoms with Gasteiger partial charge in [-0.2, -0.15) is 0 Å². The van der Waals surface area contributed by atoms with Crippen molar-refractivity contribution in [3.05, 3.63) is 18.3 Å². The summed E-state index contributed by atoms with van der Waals surface area (Å²) < 4.78 is 48.6. The van der Waals surface area contributed by atoms with Crippen LogP contribution in [0.15, 0.2) is 28.3 Å². The molecule has 120 valence electrons. The predicted molar refractivity (Wildman–Crippen MR) is 80.0 cm³/mol. The molecule has 1 aromatic heterocycles. The van der Waals surface area contributed by atoms with Crippen molar-refractivity contribution in [2.24, 2.45) is 11.1 Å². The van der Waals surface area contributed by atoms with Crippen LogP contribution in [-0.2, 0) is 19.9 Å². The zero-order valence-electron chi connectivity index (χ0n) is 12.6. The summed E-state index contributed by atoms with van der Waals surface area (Å²) in [6.07, 6.45) is 2.07. The fourth-order valence-corrected chi connectivity index (χ4v) is 3.54. The lowest BCUT2D eigenvalue weighted by Crippen LogP contribution is -2.39. The summed E-state index contributed by atoms with van der Waals surface area (Å²) in [7, 11) is -5.72. The standard InChI is InChI=1S/C12H21N3O4S2/c1-12(2,8-13)9-15(3)21(18,19)10-5-6-11(14-7-10)20(4,16)17/h5-7H,8-9,13H2,1-4H3. The minimum atomic E-state index is -3.72. The summed E-state index contributed by atoms with van der Waals surface area (Å²) in [5, 5.41) is -0.161. The maximum absolute atomic E-state index is 12.4. The molecule has 0 aliphatic heterocycles. The third kappa shape index (κ3) is 4.47. The number of rotatable bonds is 6. The first-order valence-electron chi connectivity index (χ1n) is 6.23. The van der Waals surface area contributed by atoms with Crippen LogP contribution >= 0.6 is 0 Å². The van der Waals surface area contributed by atoms with Gasteiger partial charge in [0.2, 0.25) is 10.0 Å². The SMILES string of the molecule is CN(CC(C)(C)CN)S(=O)(=O)c1ccc(S(C)(=O)=O)nc1. The minimum Gasteiger partial charge on any atom is -0.330 e. The van der Waals surface area contributed by atoms with E-state index < -0.39 is 19.9 Å². The van der Waals surface area contributed by atoms with Crippen molar-refractivity contribution < 1.29 is 16.8 Å². The summed E-state index contributed by atoms with van der Waals surface area (Å²) in [4.78, 5) is 3.65. The quantitative estimate of drug-likeness (QED) is 0.789. The van der Waals surface area contributed by atoms with Gasteiger partial charge in [0.1, 0.15) is 4.90 Å². The maximum atomic E-state index is 12.4. The van der Waals surface area contributed by atoms with E-state index in [4.69, 9.17) is 5.73 Å². The van der Waals surface area contributed by atoms with Gasteiger partial charge >= 0.3 is 0 Å². The molecular weight excluding hydrogens is 314 g/mol. The van der Waals surface area contributed by atoms with E-state index in [9.17, 15) is 16.8 Å². The van der Waals surface area contributed by atoms with Crippen LogP contribution in [0.2, 0.25) is 0 Å². The zero-order valence-corrected chi connectivity index (χ0v) is 14.2. The van der Waals surface area contributed by atoms with Crippen molar-refractivity contribution in [1.29, 1.82) is 0 Å². The van der Waals surface area contributed by atoms with Crippen molar-refractivity contribution in [2.75, 3.05) is 26.4 Å². The summed E-state index contributed by atoms with van der Waals surface area (Å²) in [5.41, 5.74) is 5.24. The topological polar surface area (TPSA) is 110 Å². The molecule has 0 fully saturated rings. The Morgan fingerprint density at radius 1 is 1.24 bits per heavy atom. The molecule has 0 unspecified atom stereocenters. The van der Waals surface area contributed by atoms with E-state index in [0.717, 1.165) is 12.5 Å². The molecule has 0 spiro atoms. The van der Waals surface area contributed by atoms with E-state index in [1.165, 1.54) is 23.5 Å². The highest BCUT2D eigenvalue weighted by molar-refractivity contribution is 7.90. The zero-order chi connectivity index (χ0) is 16.5. The highest BCUT2D eigenvalue weighted by Gasteiger charge is 2.27. The second-order valence-corrected chi connectivity index (χ2v) is 9.74. The second-order valence-electron chi connectivity index (χ2n) is 5.73. The van der Waals surface area contributed by atoms with Gasteiger partial charge in [-0.3, -0.25) is 0 Å². The largest absolute Gasteiger partial charge is 0.330 e. The van der Waals surface area contributed by atoms with E-state index in [0.29, 0.717) is 6.54 Å². The van der Waals surface area contributed by atoms with Gasteiger partial charge in [0.25, 0.3) is 0 Å². The third-order valence-corrected chi connectivity index (χ3v) is 5.79. The Balaban J connectivity index is 3.09. The molecule has 0 bridgehead atoms. The summed E-state index contributed by atoms with van der Waals surface area (Å²) in [5.74, 6) is 0. The molecule has 9 heteroatoms. The number of nitrogens with two attached hydrogens (primary N) is 1. The number of sulfonamides is 1. The molecule has 0 amide bonds. The first kappa shape index (κ1) is 18.0. The Morgan fingerprint density at radius 2 is 1.81 bits per heavy atom. The Kier molecular flexibility index (Phi) is 5.14. The number of hydrogen-bond donors (Lipinski definition) is 1. The van der Waals surface area contributed by atoms with Crippen LogP contribution < -0.4 is 5.73 Å². The van der Waals surface area contributed by atoms with Crippen LogP contribution in [0.3, 0.4) is 0 Å². The lowest BCUT2D eigenvalue weighted by Gasteiger charge is -2.28. The molecule has 0 aromatic carbocycles. The molecule has 0 radical (unpaired) electrons. The molecule has 0 aliphatic rings. The summed E-state index contributed by atoms with van der Waals surface area (Å²) in [6.45, 7) is 4.33. The molecule has 1 rings (SSSR count). The molecule has 2 N–H and O–H groups in total. The molecule has 0 atom stereocenters. The average molecular weight is 335 g/mol. The van der Waals surface area contributed by atoms with Crippen LogP contribution in [0.1, 0.15) is 13.8 Å². The smallest absolute Gasteiger partial charge is 0.244 e. The Bertz CT molecular complexity index is 695. The molecular formula is C12H21N3O4S2. The van der Waals surface area contributed by atoms with Crippen molar-refractivity contribution in [2.45, 2.75) is 23.8 Å². The van der Waals surface area contributed by atoms with Crippen LogP contribution in [0.4, 0.5) is 0 Å². The first-order valence-corrected chi connectivity index (χ1v) is 9.56. The molecule has 0 saturated carbocycles. The van der Waals surface area contributed by atoms with E-state index in [-0.39, 0.29) is 21.9 Å². The molecule has 1 aromatic rings. The Morgan fingerprint density at radius 3 is 2.19 bits per heavy atom. The molecule has 0 aliphatic carbocycles. The van der Waals surface area contributed by atoms with Gasteiger partial charge in [-0.05, 0) is 24.1 Å². The minimum absolute atomic E-state index is 0.0507. The molecule has 7 nitrogen and oxygen atoms in total. The van der Waals surface area contributed by atoms with Crippen LogP contribution in [0.25, 0.3) is 0 Å². The van der Waals surface area contributed by atoms with Crippen molar-refractivity contribution in [3.8, 4) is 0 Å². The molecule has 0 saturated heterocycles. The number of sulfone groups is 1. The number of pyridine rings is 1. The van der Waals surface area contributed by atoms with Gasteiger partial charge < -0.3 is 5.73 Å². The van der Waals surface area contributed by atoms with Crippen molar-refractivity contribution in [3.63, 3.8) is 0 Å². The normalized spacial score (nSPS) is 13.6. The van der Waals surface area contributed by atoms with E-state index in [2.05, 4.69) is 4.98 Å². The number of aromatic nitrogens is 1. The maximum Gasteiger partial charge on any atom is 0.244 e. The van der Waals surface area contributed by atoms with Crippen LogP contribution in [0, 0.1) is 5.41 Å². The fraction of sp³-hybridized carbons (Fsp3) is 0.583. The number of hydrogen-bond acceptors (Lipinski definition) is 6. The van der Waals surface area contributed by atoms with E-state index in [1.54, 1.807) is 0 Å². The second kappa shape index (κ2) is 5.99. The molecule has 1 heterocycles. The van der Waals surface area contributed by atoms with Crippen LogP contribution in [-0.4, -0.2) is 52.5 Å². The Hall–Kier alpha value is -1.03. The van der Waals surface area contributed by atoms with Gasteiger partial charge in [0.15, 0.2) is 14.9 Å².